The molecule has 14 heteroatoms. The third kappa shape index (κ3) is 9.49. The number of ether oxygens (including phenoxy) is 1. The molecule has 2 aromatic heterocycles. The summed E-state index contributed by atoms with van der Waals surface area (Å²) in [6, 6.07) is 7.69. The molecule has 3 fully saturated rings. The first-order valence-electron chi connectivity index (χ1n) is 24.4. The van der Waals surface area contributed by atoms with Crippen molar-refractivity contribution in [1.29, 1.82) is 0 Å². The maximum absolute atomic E-state index is 18.1. The van der Waals surface area contributed by atoms with Gasteiger partial charge in [-0.05, 0) is 95.6 Å². The molecule has 3 saturated heterocycles. The molecule has 8 nitrogen and oxygen atoms in total. The molecule has 3 aliphatic heterocycles. The highest BCUT2D eigenvalue weighted by molar-refractivity contribution is 6.90. The Morgan fingerprint density at radius 1 is 0.864 bits per heavy atom. The van der Waals surface area contributed by atoms with Crippen molar-refractivity contribution in [3.05, 3.63) is 47.7 Å². The molecule has 1 N–H and O–H groups in total. The zero-order chi connectivity index (χ0) is 47.3. The molecule has 5 heterocycles. The van der Waals surface area contributed by atoms with Gasteiger partial charge in [0.2, 0.25) is 0 Å². The number of likely N-dealkylation sites (tertiary alicyclic amines) is 1. The molecule has 2 bridgehead atoms. The summed E-state index contributed by atoms with van der Waals surface area (Å²) in [6.07, 6.45) is 4.49. The Morgan fingerprint density at radius 2 is 1.48 bits per heavy atom. The average Bonchev–Trinajstić information content (AvgIpc) is 3.58. The molecule has 0 saturated carbocycles. The van der Waals surface area contributed by atoms with Gasteiger partial charge in [-0.15, -0.1) is 18.0 Å². The molecule has 66 heavy (non-hydrogen) atoms. The lowest BCUT2D eigenvalue weighted by atomic mass is 9.73. The first kappa shape index (κ1) is 52.0. The van der Waals surface area contributed by atoms with E-state index in [2.05, 4.69) is 117 Å². The molecule has 362 valence electrons. The van der Waals surface area contributed by atoms with Gasteiger partial charge >= 0.3 is 6.01 Å². The number of rotatable bonds is 14. The SMILES string of the molecule is CC(C)[Si](C#Cc1c(F)ccc2cc(O[Si](C(C)C)(C(C)C)C(C)C)cc(-c3ncc4c(N5C[C@H]6CC[C@@H](C5)N6)nc(OC[C@]5(C)CN(C)CC[C@@H]5CF)nc4c3F)c12)(C(C)C)C(C)C.Cl. The summed E-state index contributed by atoms with van der Waals surface area (Å²) in [5, 5.41) is 5.37. The smallest absolute Gasteiger partial charge is 0.319 e. The van der Waals surface area contributed by atoms with Crippen molar-refractivity contribution in [3.63, 3.8) is 0 Å². The molecular weight excluding hydrogens is 889 g/mol. The zero-order valence-corrected chi connectivity index (χ0v) is 44.9. The van der Waals surface area contributed by atoms with Crippen LogP contribution in [0.4, 0.5) is 19.0 Å². The molecule has 0 aliphatic carbocycles. The zero-order valence-electron chi connectivity index (χ0n) is 42.0. The summed E-state index contributed by atoms with van der Waals surface area (Å²) < 4.78 is 63.1. The number of nitrogens with one attached hydrogen (secondary N) is 1. The van der Waals surface area contributed by atoms with E-state index in [4.69, 9.17) is 24.1 Å². The lowest BCUT2D eigenvalue weighted by Crippen LogP contribution is -2.51. The van der Waals surface area contributed by atoms with Crippen LogP contribution in [0.2, 0.25) is 33.2 Å². The Hall–Kier alpha value is -3.42. The van der Waals surface area contributed by atoms with Crippen LogP contribution in [0.5, 0.6) is 11.8 Å². The molecule has 0 radical (unpaired) electrons. The number of alkyl halides is 1. The predicted octanol–water partition coefficient (Wildman–Crippen LogP) is 12.9. The second-order valence-electron chi connectivity index (χ2n) is 21.9. The van der Waals surface area contributed by atoms with E-state index in [9.17, 15) is 4.39 Å². The first-order valence-corrected chi connectivity index (χ1v) is 28.8. The fraction of sp³-hybridized carbons (Fsp3) is 0.635. The minimum Gasteiger partial charge on any atom is -0.543 e. The maximum atomic E-state index is 18.1. The van der Waals surface area contributed by atoms with Crippen LogP contribution < -0.4 is 19.4 Å². The number of hydrogen-bond donors (Lipinski definition) is 1. The number of anilines is 1. The Balaban J connectivity index is 0.00000720. The number of aromatic nitrogens is 3. The van der Waals surface area contributed by atoms with Gasteiger partial charge in [-0.25, -0.2) is 8.78 Å². The normalized spacial score (nSPS) is 21.7. The van der Waals surface area contributed by atoms with E-state index in [1.165, 1.54) is 6.07 Å². The van der Waals surface area contributed by atoms with E-state index in [0.717, 1.165) is 25.8 Å². The summed E-state index contributed by atoms with van der Waals surface area (Å²) in [6.45, 7) is 31.5. The standard InChI is InChI=1S/C52H75F3N6O2Si2.ClH/c1-31(2)64(32(3)4,33(5)6)22-20-42-45(54)18-15-37-23-41(63-65(34(7)8,35(9)10)36(11)12)24-43(46(37)42)48-47(55)49-44(26-56-48)50(61-27-39-16-17-40(28-61)57-39)59-51(58-49)62-30-52(13)29-60(14)21-19-38(52)25-53;/h15,18,23-24,26,31-36,38-40,57H,16-17,19,21,25,27-30H2,1-14H3;1H/t38-,39-,40+,52+;/m1./s1. The number of piperidine rings is 1. The summed E-state index contributed by atoms with van der Waals surface area (Å²) in [7, 11) is -2.78. The van der Waals surface area contributed by atoms with Gasteiger partial charge in [-0.3, -0.25) is 9.37 Å². The van der Waals surface area contributed by atoms with Crippen LogP contribution in [-0.2, 0) is 0 Å². The van der Waals surface area contributed by atoms with E-state index in [0.29, 0.717) is 69.5 Å². The van der Waals surface area contributed by atoms with Crippen LogP contribution in [0.1, 0.15) is 115 Å². The number of pyridine rings is 1. The molecule has 3 aliphatic rings. The Bertz CT molecular complexity index is 2390. The Kier molecular flexibility index (Phi) is 16.0. The highest BCUT2D eigenvalue weighted by Crippen LogP contribution is 2.47. The van der Waals surface area contributed by atoms with Gasteiger partial charge < -0.3 is 24.3 Å². The second-order valence-corrected chi connectivity index (χ2v) is 32.9. The van der Waals surface area contributed by atoms with Crippen LogP contribution >= 0.6 is 12.4 Å². The summed E-state index contributed by atoms with van der Waals surface area (Å²) in [5.74, 6) is 3.30. The van der Waals surface area contributed by atoms with Crippen molar-refractivity contribution < 1.29 is 22.3 Å². The Morgan fingerprint density at radius 3 is 2.06 bits per heavy atom. The van der Waals surface area contributed by atoms with Crippen molar-refractivity contribution in [3.8, 4) is 34.5 Å². The van der Waals surface area contributed by atoms with E-state index < -0.39 is 40.1 Å². The predicted molar refractivity (Wildman–Crippen MR) is 274 cm³/mol. The lowest BCUT2D eigenvalue weighted by Gasteiger charge is -2.43. The largest absolute Gasteiger partial charge is 0.543 e. The third-order valence-corrected chi connectivity index (χ3v) is 28.2. The number of piperazine rings is 1. The summed E-state index contributed by atoms with van der Waals surface area (Å²) in [5.41, 5.74) is 5.80. The van der Waals surface area contributed by atoms with Crippen molar-refractivity contribution in [1.82, 2.24) is 25.2 Å². The van der Waals surface area contributed by atoms with Crippen LogP contribution in [0.3, 0.4) is 0 Å². The van der Waals surface area contributed by atoms with Gasteiger partial charge in [-0.2, -0.15) is 9.97 Å². The fourth-order valence-electron chi connectivity index (χ4n) is 12.6. The fourth-order valence-corrected chi connectivity index (χ4v) is 23.1. The molecule has 7 rings (SSSR count). The maximum Gasteiger partial charge on any atom is 0.319 e. The summed E-state index contributed by atoms with van der Waals surface area (Å²) >= 11 is 0. The van der Waals surface area contributed by atoms with Gasteiger partial charge in [0.05, 0.1) is 24.2 Å². The van der Waals surface area contributed by atoms with Crippen molar-refractivity contribution >= 4 is 56.3 Å². The number of hydrogen-bond acceptors (Lipinski definition) is 8. The van der Waals surface area contributed by atoms with Gasteiger partial charge in [0, 0.05) is 54.3 Å². The van der Waals surface area contributed by atoms with Crippen LogP contribution in [0.25, 0.3) is 32.9 Å². The quantitative estimate of drug-likeness (QED) is 0.0989. The topological polar surface area (TPSA) is 75.6 Å². The number of fused-ring (bicyclic) bond motifs is 4. The molecular formula is C52H76ClF3N6O2Si2. The van der Waals surface area contributed by atoms with Crippen LogP contribution in [0, 0.1) is 34.4 Å². The molecule has 4 atom stereocenters. The monoisotopic (exact) mass is 965 g/mol. The van der Waals surface area contributed by atoms with Gasteiger partial charge in [-0.1, -0.05) is 102 Å². The van der Waals surface area contributed by atoms with E-state index in [-0.39, 0.29) is 76.4 Å². The highest BCUT2D eigenvalue weighted by Gasteiger charge is 2.47. The summed E-state index contributed by atoms with van der Waals surface area (Å²) in [4.78, 5) is 19.2. The molecule has 4 aromatic rings. The van der Waals surface area contributed by atoms with Gasteiger partial charge in [0.1, 0.15) is 36.7 Å². The van der Waals surface area contributed by atoms with E-state index in [1.54, 1.807) is 12.3 Å². The molecule has 0 unspecified atom stereocenters. The molecule has 0 spiro atoms. The van der Waals surface area contributed by atoms with Crippen molar-refractivity contribution in [2.45, 2.75) is 155 Å². The number of nitrogens with zero attached hydrogens (tertiary/aromatic N) is 5. The van der Waals surface area contributed by atoms with Crippen LogP contribution in [0.15, 0.2) is 30.5 Å². The lowest BCUT2D eigenvalue weighted by molar-refractivity contribution is 0.000322. The third-order valence-electron chi connectivity index (χ3n) is 15.9. The van der Waals surface area contributed by atoms with E-state index >= 15 is 8.78 Å². The minimum atomic E-state index is -2.51. The van der Waals surface area contributed by atoms with Crippen LogP contribution in [-0.4, -0.2) is 94.8 Å². The van der Waals surface area contributed by atoms with Crippen molar-refractivity contribution in [2.24, 2.45) is 11.3 Å². The number of benzene rings is 2. The average molecular weight is 966 g/mol. The van der Waals surface area contributed by atoms with Gasteiger partial charge in [0.15, 0.2) is 5.82 Å². The molecule has 2 aromatic carbocycles. The highest BCUT2D eigenvalue weighted by atomic mass is 35.5. The first-order chi connectivity index (χ1) is 30.7. The van der Waals surface area contributed by atoms with E-state index in [1.807, 2.05) is 19.2 Å². The second kappa shape index (κ2) is 20.3. The molecule has 0 amide bonds. The van der Waals surface area contributed by atoms with Crippen molar-refractivity contribution in [2.75, 3.05) is 51.4 Å². The minimum absolute atomic E-state index is 0. The number of halogens is 4. The Labute approximate surface area is 401 Å². The van der Waals surface area contributed by atoms with Gasteiger partial charge in [0.25, 0.3) is 8.32 Å².